The largest absolute Gasteiger partial charge is 0.465 e. The first-order valence-electron chi connectivity index (χ1n) is 38.8. The summed E-state index contributed by atoms with van der Waals surface area (Å²) in [7, 11) is 0. The molecule has 0 aromatic rings. The SMILES string of the molecule is CCCCCCCCCC(CC)OC(=O)CCSCCC(=O)OCC(COC(=O)CCSCCC(=O)OC(CC)CCCCCCCCC)(COC(=O)CCSCCC(=O)OC(CC)CCCCCCCCC)COC(=O)CCSCCC(=O)OC(CC)CCCCCCCCC. The Bertz CT molecular complexity index is 1680. The summed E-state index contributed by atoms with van der Waals surface area (Å²) in [5.74, 6) is -0.174. The van der Waals surface area contributed by atoms with E-state index in [0.29, 0.717) is 46.0 Å². The number of carbonyl (C=O) groups excluding carboxylic acids is 8. The van der Waals surface area contributed by atoms with Crippen molar-refractivity contribution in [3.8, 4) is 0 Å². The number of thioether (sulfide) groups is 4. The van der Waals surface area contributed by atoms with Gasteiger partial charge in [0.05, 0.1) is 51.4 Å². The van der Waals surface area contributed by atoms with Gasteiger partial charge in [0.25, 0.3) is 0 Å². The Hall–Kier alpha value is -2.84. The van der Waals surface area contributed by atoms with Crippen molar-refractivity contribution in [1.29, 1.82) is 0 Å². The highest BCUT2D eigenvalue weighted by atomic mass is 32.2. The topological polar surface area (TPSA) is 210 Å². The summed E-state index contributed by atoms with van der Waals surface area (Å²) in [4.78, 5) is 105. The molecule has 0 rings (SSSR count). The van der Waals surface area contributed by atoms with E-state index in [2.05, 4.69) is 27.7 Å². The second-order valence-electron chi connectivity index (χ2n) is 26.3. The van der Waals surface area contributed by atoms with E-state index in [1.807, 2.05) is 27.7 Å². The minimum absolute atomic E-state index is 0.0137. The van der Waals surface area contributed by atoms with Gasteiger partial charge in [0, 0.05) is 46.0 Å². The average molecular weight is 1450 g/mol. The van der Waals surface area contributed by atoms with E-state index in [-0.39, 0.29) is 99.7 Å². The quantitative estimate of drug-likeness (QED) is 0.0315. The van der Waals surface area contributed by atoms with E-state index in [4.69, 9.17) is 37.9 Å². The van der Waals surface area contributed by atoms with Gasteiger partial charge in [0.15, 0.2) is 0 Å². The summed E-state index contributed by atoms with van der Waals surface area (Å²) in [5.41, 5.74) is -1.51. The highest BCUT2D eigenvalue weighted by molar-refractivity contribution is 7.99. The molecule has 0 N–H and O–H groups in total. The van der Waals surface area contributed by atoms with Crippen molar-refractivity contribution in [2.75, 3.05) is 72.5 Å². The molecular weight excluding hydrogens is 1310 g/mol. The predicted molar refractivity (Wildman–Crippen MR) is 404 cm³/mol. The summed E-state index contributed by atoms with van der Waals surface area (Å²) in [6.07, 6.45) is 40.1. The lowest BCUT2D eigenvalue weighted by Crippen LogP contribution is -2.44. The fourth-order valence-electron chi connectivity index (χ4n) is 10.8. The first-order valence-corrected chi connectivity index (χ1v) is 43.5. The van der Waals surface area contributed by atoms with Gasteiger partial charge in [-0.25, -0.2) is 0 Å². The zero-order valence-electron chi connectivity index (χ0n) is 62.6. The van der Waals surface area contributed by atoms with Gasteiger partial charge < -0.3 is 37.9 Å². The molecule has 4 unspecified atom stereocenters. The Morgan fingerprint density at radius 1 is 0.237 bits per heavy atom. The number of esters is 8. The Kier molecular flexibility index (Phi) is 66.9. The molecule has 0 aliphatic rings. The fourth-order valence-corrected chi connectivity index (χ4v) is 14.1. The number of hydrogen-bond acceptors (Lipinski definition) is 20. The van der Waals surface area contributed by atoms with E-state index in [0.717, 1.165) is 103 Å². The van der Waals surface area contributed by atoms with E-state index in [9.17, 15) is 38.4 Å². The number of rotatable bonds is 72. The van der Waals surface area contributed by atoms with Crippen molar-refractivity contribution < 1.29 is 76.3 Å². The molecule has 0 saturated heterocycles. The number of ether oxygens (including phenoxy) is 8. The molecule has 0 aliphatic carbocycles. The van der Waals surface area contributed by atoms with Crippen LogP contribution in [0.3, 0.4) is 0 Å². The third-order valence-corrected chi connectivity index (χ3v) is 21.2. The maximum absolute atomic E-state index is 13.5. The van der Waals surface area contributed by atoms with Crippen molar-refractivity contribution in [2.24, 2.45) is 5.41 Å². The van der Waals surface area contributed by atoms with Gasteiger partial charge in [0.1, 0.15) is 56.3 Å². The summed E-state index contributed by atoms with van der Waals surface area (Å²) < 4.78 is 46.6. The smallest absolute Gasteiger partial charge is 0.306 e. The molecule has 16 nitrogen and oxygen atoms in total. The van der Waals surface area contributed by atoms with Gasteiger partial charge in [-0.15, -0.1) is 0 Å². The van der Waals surface area contributed by atoms with Crippen LogP contribution in [0.2, 0.25) is 0 Å². The molecule has 0 fully saturated rings. The van der Waals surface area contributed by atoms with Crippen LogP contribution < -0.4 is 0 Å². The van der Waals surface area contributed by atoms with Crippen molar-refractivity contribution >= 4 is 94.8 Å². The van der Waals surface area contributed by atoms with E-state index < -0.39 is 55.7 Å². The normalized spacial score (nSPS) is 13.2. The lowest BCUT2D eigenvalue weighted by molar-refractivity contribution is -0.170. The maximum atomic E-state index is 13.5. The lowest BCUT2D eigenvalue weighted by Gasteiger charge is -2.31. The maximum Gasteiger partial charge on any atom is 0.306 e. The van der Waals surface area contributed by atoms with E-state index in [1.165, 1.54) is 175 Å². The van der Waals surface area contributed by atoms with Crippen LogP contribution in [0.5, 0.6) is 0 Å². The Balaban J connectivity index is 6.05. The summed E-state index contributed by atoms with van der Waals surface area (Å²) in [5, 5.41) is 0. The summed E-state index contributed by atoms with van der Waals surface area (Å²) in [6, 6.07) is 0. The van der Waals surface area contributed by atoms with Crippen LogP contribution in [-0.2, 0) is 76.3 Å². The molecule has 0 aromatic carbocycles. The molecule has 0 saturated carbocycles. The van der Waals surface area contributed by atoms with Crippen LogP contribution in [-0.4, -0.2) is 145 Å². The van der Waals surface area contributed by atoms with Gasteiger partial charge in [0.2, 0.25) is 0 Å². The number of hydrogen-bond donors (Lipinski definition) is 0. The van der Waals surface area contributed by atoms with Gasteiger partial charge in [-0.05, 0) is 77.0 Å². The molecule has 0 amide bonds. The molecule has 0 aliphatic heterocycles. The lowest BCUT2D eigenvalue weighted by atomic mass is 9.92. The minimum atomic E-state index is -1.51. The molecule has 0 heterocycles. The Morgan fingerprint density at radius 2 is 0.402 bits per heavy atom. The highest BCUT2D eigenvalue weighted by Crippen LogP contribution is 2.25. The molecule has 97 heavy (non-hydrogen) atoms. The second kappa shape index (κ2) is 68.9. The van der Waals surface area contributed by atoms with Gasteiger partial charge >= 0.3 is 47.8 Å². The van der Waals surface area contributed by atoms with Crippen LogP contribution in [0.25, 0.3) is 0 Å². The van der Waals surface area contributed by atoms with Gasteiger partial charge in [-0.2, -0.15) is 47.0 Å². The average Bonchev–Trinajstić information content (AvgIpc) is 1.03. The first-order chi connectivity index (χ1) is 47.1. The van der Waals surface area contributed by atoms with Crippen molar-refractivity contribution in [3.05, 3.63) is 0 Å². The third-order valence-electron chi connectivity index (χ3n) is 17.3. The number of unbranched alkanes of at least 4 members (excludes halogenated alkanes) is 24. The predicted octanol–water partition coefficient (Wildman–Crippen LogP) is 20.0. The van der Waals surface area contributed by atoms with Crippen LogP contribution in [0.4, 0.5) is 0 Å². The Morgan fingerprint density at radius 3 is 0.577 bits per heavy atom. The van der Waals surface area contributed by atoms with E-state index in [1.54, 1.807) is 0 Å². The summed E-state index contributed by atoms with van der Waals surface area (Å²) in [6.45, 7) is 15.3. The zero-order chi connectivity index (χ0) is 71.5. The van der Waals surface area contributed by atoms with Gasteiger partial charge in [-0.1, -0.05) is 209 Å². The van der Waals surface area contributed by atoms with Crippen LogP contribution in [0.15, 0.2) is 0 Å². The summed E-state index contributed by atoms with van der Waals surface area (Å²) >= 11 is 5.69. The zero-order valence-corrected chi connectivity index (χ0v) is 65.8. The second-order valence-corrected chi connectivity index (χ2v) is 31.2. The molecule has 4 atom stereocenters. The number of carbonyl (C=O) groups is 8. The third kappa shape index (κ3) is 60.5. The molecular formula is C77H140O16S4. The molecule has 20 heteroatoms. The first kappa shape index (κ1) is 94.2. The van der Waals surface area contributed by atoms with Crippen molar-refractivity contribution in [2.45, 2.75) is 362 Å². The molecule has 0 aromatic heterocycles. The van der Waals surface area contributed by atoms with Crippen LogP contribution in [0.1, 0.15) is 338 Å². The molecule has 0 radical (unpaired) electrons. The standard InChI is InChI=1S/C77H140O16S4/c1-9-17-21-25-29-33-37-41-65(13-5)90-73(82)49-57-94-53-45-69(78)86-61-77(62-87-70(79)46-54-95-58-50-74(83)91-66(14-6)42-38-34-30-26-22-18-10-2,63-88-71(80)47-55-96-59-51-75(84)92-67(15-7)43-39-35-31-27-23-19-11-3)64-89-72(81)48-56-97-60-52-76(85)93-68(16-8)44-40-36-32-28-24-20-12-4/h65-68H,9-64H2,1-8H3. The monoisotopic (exact) mass is 1450 g/mol. The van der Waals surface area contributed by atoms with Crippen molar-refractivity contribution in [3.63, 3.8) is 0 Å². The Labute approximate surface area is 607 Å². The van der Waals surface area contributed by atoms with Gasteiger partial charge in [-0.3, -0.25) is 38.4 Å². The molecule has 0 bridgehead atoms. The highest BCUT2D eigenvalue weighted by Gasteiger charge is 2.38. The van der Waals surface area contributed by atoms with E-state index >= 15 is 0 Å². The van der Waals surface area contributed by atoms with Crippen molar-refractivity contribution in [1.82, 2.24) is 0 Å². The minimum Gasteiger partial charge on any atom is -0.465 e. The fraction of sp³-hybridized carbons (Fsp3) is 0.896. The van der Waals surface area contributed by atoms with Crippen LogP contribution in [0, 0.1) is 5.41 Å². The van der Waals surface area contributed by atoms with Crippen LogP contribution >= 0.6 is 47.0 Å². The molecule has 0 spiro atoms. The molecule has 568 valence electrons.